The van der Waals surface area contributed by atoms with Crippen LogP contribution in [-0.2, 0) is 21.4 Å². The fourth-order valence-corrected chi connectivity index (χ4v) is 4.78. The molecule has 1 fully saturated rings. The Morgan fingerprint density at radius 2 is 1.96 bits per heavy atom. The van der Waals surface area contributed by atoms with Crippen LogP contribution in [0.25, 0.3) is 11.0 Å². The molecule has 2 aromatic rings. The van der Waals surface area contributed by atoms with Crippen molar-refractivity contribution in [3.63, 3.8) is 0 Å². The molecule has 0 bridgehead atoms. The van der Waals surface area contributed by atoms with E-state index in [9.17, 15) is 13.2 Å². The zero-order valence-corrected chi connectivity index (χ0v) is 16.8. The van der Waals surface area contributed by atoms with Gasteiger partial charge in [-0.2, -0.15) is 0 Å². The highest BCUT2D eigenvalue weighted by Crippen LogP contribution is 2.20. The van der Waals surface area contributed by atoms with Gasteiger partial charge in [-0.15, -0.1) is 0 Å². The number of rotatable bonds is 7. The molecule has 1 aliphatic heterocycles. The summed E-state index contributed by atoms with van der Waals surface area (Å²) >= 11 is 0. The van der Waals surface area contributed by atoms with Gasteiger partial charge in [0.1, 0.15) is 5.82 Å². The summed E-state index contributed by atoms with van der Waals surface area (Å²) in [5.74, 6) is 1.04. The highest BCUT2D eigenvalue weighted by Gasteiger charge is 2.29. The highest BCUT2D eigenvalue weighted by molar-refractivity contribution is 7.89. The van der Waals surface area contributed by atoms with Crippen molar-refractivity contribution in [1.82, 2.24) is 19.2 Å². The zero-order chi connectivity index (χ0) is 19.4. The topological polar surface area (TPSA) is 84.3 Å². The molecule has 1 aliphatic rings. The van der Waals surface area contributed by atoms with Crippen molar-refractivity contribution in [2.24, 2.45) is 5.92 Å². The molecular weight excluding hydrogens is 364 g/mol. The minimum atomic E-state index is -3.15. The van der Waals surface area contributed by atoms with Crippen molar-refractivity contribution >= 4 is 27.0 Å². The number of imidazole rings is 1. The monoisotopic (exact) mass is 392 g/mol. The van der Waals surface area contributed by atoms with Crippen LogP contribution in [0.5, 0.6) is 0 Å². The number of benzene rings is 1. The molecule has 1 aromatic heterocycles. The van der Waals surface area contributed by atoms with Crippen molar-refractivity contribution in [3.8, 4) is 0 Å². The summed E-state index contributed by atoms with van der Waals surface area (Å²) in [6.07, 6.45) is 2.02. The Morgan fingerprint density at radius 3 is 2.67 bits per heavy atom. The highest BCUT2D eigenvalue weighted by atomic mass is 32.2. The fourth-order valence-electron chi connectivity index (χ4n) is 3.65. The third kappa shape index (κ3) is 4.50. The van der Waals surface area contributed by atoms with Gasteiger partial charge in [-0.05, 0) is 45.2 Å². The maximum Gasteiger partial charge on any atom is 0.223 e. The molecule has 1 aromatic carbocycles. The van der Waals surface area contributed by atoms with Crippen molar-refractivity contribution in [1.29, 1.82) is 0 Å². The van der Waals surface area contributed by atoms with E-state index < -0.39 is 10.0 Å². The third-order valence-corrected chi connectivity index (χ3v) is 7.17. The van der Waals surface area contributed by atoms with E-state index in [2.05, 4.69) is 20.9 Å². The zero-order valence-electron chi connectivity index (χ0n) is 16.0. The van der Waals surface area contributed by atoms with Gasteiger partial charge in [0, 0.05) is 32.1 Å². The standard InChI is InChI=1S/C19H28N4O3S/c1-3-27(25,26)22-13-9-16(10-14-22)19(24)20-11-6-12-23-15(2)21-17-7-4-5-8-18(17)23/h4-5,7-8,16H,3,6,9-14H2,1-2H3,(H,20,24). The lowest BCUT2D eigenvalue weighted by atomic mass is 9.97. The van der Waals surface area contributed by atoms with E-state index in [-0.39, 0.29) is 17.6 Å². The minimum Gasteiger partial charge on any atom is -0.356 e. The number of hydrogen-bond donors (Lipinski definition) is 1. The Kier molecular flexibility index (Phi) is 6.16. The van der Waals surface area contributed by atoms with Gasteiger partial charge in [0.25, 0.3) is 0 Å². The molecule has 27 heavy (non-hydrogen) atoms. The van der Waals surface area contributed by atoms with Gasteiger partial charge in [0.2, 0.25) is 15.9 Å². The summed E-state index contributed by atoms with van der Waals surface area (Å²) in [6, 6.07) is 8.06. The van der Waals surface area contributed by atoms with E-state index in [4.69, 9.17) is 0 Å². The number of sulfonamides is 1. The quantitative estimate of drug-likeness (QED) is 0.730. The van der Waals surface area contributed by atoms with Crippen LogP contribution in [0.2, 0.25) is 0 Å². The van der Waals surface area contributed by atoms with Gasteiger partial charge in [-0.1, -0.05) is 12.1 Å². The van der Waals surface area contributed by atoms with Crippen LogP contribution in [0.15, 0.2) is 24.3 Å². The number of para-hydroxylation sites is 2. The van der Waals surface area contributed by atoms with Gasteiger partial charge >= 0.3 is 0 Å². The average Bonchev–Trinajstić information content (AvgIpc) is 3.00. The number of aromatic nitrogens is 2. The second-order valence-electron chi connectivity index (χ2n) is 7.02. The molecule has 0 unspecified atom stereocenters. The molecule has 0 aliphatic carbocycles. The number of carbonyl (C=O) groups is 1. The number of amides is 1. The molecule has 148 valence electrons. The number of aryl methyl sites for hydroxylation is 2. The summed E-state index contributed by atoms with van der Waals surface area (Å²) in [7, 11) is -3.15. The lowest BCUT2D eigenvalue weighted by molar-refractivity contribution is -0.126. The molecule has 1 amide bonds. The Hall–Kier alpha value is -1.93. The Balaban J connectivity index is 1.44. The number of fused-ring (bicyclic) bond motifs is 1. The summed E-state index contributed by atoms with van der Waals surface area (Å²) in [5, 5.41) is 3.01. The molecule has 1 saturated heterocycles. The van der Waals surface area contributed by atoms with Crippen LogP contribution in [0, 0.1) is 12.8 Å². The lowest BCUT2D eigenvalue weighted by Gasteiger charge is -2.30. The second kappa shape index (κ2) is 8.39. The maximum absolute atomic E-state index is 12.4. The predicted octanol–water partition coefficient (Wildman–Crippen LogP) is 1.91. The molecule has 3 rings (SSSR count). The summed E-state index contributed by atoms with van der Waals surface area (Å²) in [5.41, 5.74) is 2.11. The first-order valence-electron chi connectivity index (χ1n) is 9.59. The summed E-state index contributed by atoms with van der Waals surface area (Å²) in [6.45, 7) is 5.94. The van der Waals surface area contributed by atoms with Gasteiger partial charge in [0.05, 0.1) is 16.8 Å². The minimum absolute atomic E-state index is 0.0377. The first-order chi connectivity index (χ1) is 12.9. The summed E-state index contributed by atoms with van der Waals surface area (Å²) in [4.78, 5) is 16.9. The molecule has 8 heteroatoms. The first kappa shape index (κ1) is 19.8. The third-order valence-electron chi connectivity index (χ3n) is 5.29. The second-order valence-corrected chi connectivity index (χ2v) is 9.28. The molecule has 0 radical (unpaired) electrons. The van der Waals surface area contributed by atoms with Crippen LogP contribution in [-0.4, -0.2) is 53.6 Å². The molecule has 2 heterocycles. The SMILES string of the molecule is CCS(=O)(=O)N1CCC(C(=O)NCCCn2c(C)nc3ccccc32)CC1. The normalized spacial score (nSPS) is 16.7. The van der Waals surface area contributed by atoms with Crippen molar-refractivity contribution in [2.75, 3.05) is 25.4 Å². The number of carbonyl (C=O) groups excluding carboxylic acids is 1. The average molecular weight is 393 g/mol. The van der Waals surface area contributed by atoms with Crippen molar-refractivity contribution < 1.29 is 13.2 Å². The number of nitrogens with zero attached hydrogens (tertiary/aromatic N) is 3. The molecule has 0 spiro atoms. The molecular formula is C19H28N4O3S. The molecule has 7 nitrogen and oxygen atoms in total. The van der Waals surface area contributed by atoms with E-state index in [1.807, 2.05) is 25.1 Å². The van der Waals surface area contributed by atoms with Crippen LogP contribution in [0.3, 0.4) is 0 Å². The van der Waals surface area contributed by atoms with E-state index in [0.29, 0.717) is 32.5 Å². The number of hydrogen-bond acceptors (Lipinski definition) is 4. The predicted molar refractivity (Wildman–Crippen MR) is 106 cm³/mol. The molecule has 0 saturated carbocycles. The maximum atomic E-state index is 12.4. The molecule has 0 atom stereocenters. The van der Waals surface area contributed by atoms with Crippen molar-refractivity contribution in [3.05, 3.63) is 30.1 Å². The van der Waals surface area contributed by atoms with Crippen LogP contribution in [0.4, 0.5) is 0 Å². The van der Waals surface area contributed by atoms with E-state index in [1.54, 1.807) is 6.92 Å². The van der Waals surface area contributed by atoms with Crippen molar-refractivity contribution in [2.45, 2.75) is 39.7 Å². The Morgan fingerprint density at radius 1 is 1.26 bits per heavy atom. The first-order valence-corrected chi connectivity index (χ1v) is 11.2. The smallest absolute Gasteiger partial charge is 0.223 e. The number of piperidine rings is 1. The fraction of sp³-hybridized carbons (Fsp3) is 0.579. The Bertz CT molecular complexity index is 899. The van der Waals surface area contributed by atoms with Gasteiger partial charge in [-0.25, -0.2) is 17.7 Å². The summed E-state index contributed by atoms with van der Waals surface area (Å²) < 4.78 is 27.5. The largest absolute Gasteiger partial charge is 0.356 e. The van der Waals surface area contributed by atoms with Crippen LogP contribution < -0.4 is 5.32 Å². The number of nitrogens with one attached hydrogen (secondary N) is 1. The lowest BCUT2D eigenvalue weighted by Crippen LogP contribution is -2.43. The molecule has 1 N–H and O–H groups in total. The van der Waals surface area contributed by atoms with E-state index in [0.717, 1.165) is 29.8 Å². The van der Waals surface area contributed by atoms with E-state index >= 15 is 0 Å². The van der Waals surface area contributed by atoms with Crippen LogP contribution in [0.1, 0.15) is 32.0 Å². The van der Waals surface area contributed by atoms with E-state index in [1.165, 1.54) is 4.31 Å². The van der Waals surface area contributed by atoms with Gasteiger partial charge in [0.15, 0.2) is 0 Å². The Labute approximate surface area is 160 Å². The van der Waals surface area contributed by atoms with Crippen LogP contribution >= 0.6 is 0 Å². The van der Waals surface area contributed by atoms with Gasteiger partial charge < -0.3 is 9.88 Å². The van der Waals surface area contributed by atoms with Gasteiger partial charge in [-0.3, -0.25) is 4.79 Å².